The summed E-state index contributed by atoms with van der Waals surface area (Å²) in [7, 11) is 3.34. The molecule has 0 aliphatic carbocycles. The van der Waals surface area contributed by atoms with Crippen LogP contribution >= 0.6 is 0 Å². The van der Waals surface area contributed by atoms with Crippen molar-refractivity contribution in [1.29, 1.82) is 0 Å². The van der Waals surface area contributed by atoms with Crippen LogP contribution in [-0.4, -0.2) is 67.6 Å². The number of ether oxygens (including phenoxy) is 2. The summed E-state index contributed by atoms with van der Waals surface area (Å²) in [5, 5.41) is 1.29. The normalized spacial score (nSPS) is 17.5. The van der Waals surface area contributed by atoms with Gasteiger partial charge in [0.1, 0.15) is 0 Å². The number of fused-ring (bicyclic) bond motifs is 1. The molecule has 0 radical (unpaired) electrons. The molecular weight excluding hydrogens is 462 g/mol. The fourth-order valence-corrected chi connectivity index (χ4v) is 6.17. The molecule has 1 aromatic heterocycles. The highest BCUT2D eigenvalue weighted by Gasteiger charge is 2.26. The maximum atomic E-state index is 12.9. The molecule has 2 aliphatic heterocycles. The Morgan fingerprint density at radius 1 is 0.946 bits per heavy atom. The second-order valence-corrected chi connectivity index (χ2v) is 10.9. The van der Waals surface area contributed by atoms with Crippen LogP contribution in [0.3, 0.4) is 0 Å². The number of methoxy groups -OCH3 is 2. The summed E-state index contributed by atoms with van der Waals surface area (Å²) in [5.74, 6) is 2.62. The number of hydrogen-bond acceptors (Lipinski definition) is 4. The van der Waals surface area contributed by atoms with E-state index in [1.807, 2.05) is 12.1 Å². The van der Waals surface area contributed by atoms with Crippen LogP contribution in [0, 0.1) is 0 Å². The quantitative estimate of drug-likeness (QED) is 0.419. The number of benzene rings is 2. The Morgan fingerprint density at radius 3 is 2.35 bits per heavy atom. The van der Waals surface area contributed by atoms with Crippen molar-refractivity contribution in [3.63, 3.8) is 0 Å². The van der Waals surface area contributed by atoms with E-state index in [1.54, 1.807) is 14.2 Å². The number of H-pyrrole nitrogens is 1. The van der Waals surface area contributed by atoms with Crippen molar-refractivity contribution in [2.24, 2.45) is 0 Å². The minimum Gasteiger partial charge on any atom is -0.493 e. The zero-order valence-corrected chi connectivity index (χ0v) is 22.8. The predicted octanol–water partition coefficient (Wildman–Crippen LogP) is 6.17. The first-order valence-electron chi connectivity index (χ1n) is 13.9. The molecule has 6 nitrogen and oxygen atoms in total. The minimum absolute atomic E-state index is 0.308. The Labute approximate surface area is 220 Å². The topological polar surface area (TPSA) is 57.8 Å². The fraction of sp³-hybridized carbons (Fsp3) is 0.516. The SMILES string of the molecule is COc1ccc(-c2[nH]c3ccc(C4CCN(C(=O)CN5CCCCC5)CC4)cc3c2C(C)C)cc1OC. The molecule has 0 bridgehead atoms. The minimum atomic E-state index is 0.308. The molecule has 37 heavy (non-hydrogen) atoms. The van der Waals surface area contributed by atoms with E-state index < -0.39 is 0 Å². The van der Waals surface area contributed by atoms with Gasteiger partial charge < -0.3 is 19.4 Å². The van der Waals surface area contributed by atoms with E-state index in [0.29, 0.717) is 24.3 Å². The molecule has 1 amide bonds. The predicted molar refractivity (Wildman–Crippen MR) is 150 cm³/mol. The highest BCUT2D eigenvalue weighted by molar-refractivity contribution is 5.92. The lowest BCUT2D eigenvalue weighted by Crippen LogP contribution is -2.45. The van der Waals surface area contributed by atoms with Gasteiger partial charge in [-0.1, -0.05) is 26.3 Å². The van der Waals surface area contributed by atoms with Crippen molar-refractivity contribution in [3.05, 3.63) is 47.5 Å². The van der Waals surface area contributed by atoms with Gasteiger partial charge in [0.25, 0.3) is 0 Å². The molecule has 0 unspecified atom stereocenters. The number of aromatic nitrogens is 1. The lowest BCUT2D eigenvalue weighted by Gasteiger charge is -2.34. The number of piperidine rings is 2. The number of rotatable bonds is 7. The van der Waals surface area contributed by atoms with E-state index in [2.05, 4.69) is 52.9 Å². The smallest absolute Gasteiger partial charge is 0.236 e. The Kier molecular flexibility index (Phi) is 7.75. The van der Waals surface area contributed by atoms with Crippen LogP contribution in [0.15, 0.2) is 36.4 Å². The number of aromatic amines is 1. The monoisotopic (exact) mass is 503 g/mol. The molecule has 3 heterocycles. The summed E-state index contributed by atoms with van der Waals surface area (Å²) in [6, 6.07) is 13.0. The van der Waals surface area contributed by atoms with E-state index in [4.69, 9.17) is 9.47 Å². The molecule has 6 heteroatoms. The first-order valence-corrected chi connectivity index (χ1v) is 13.9. The van der Waals surface area contributed by atoms with Gasteiger partial charge in [-0.2, -0.15) is 0 Å². The van der Waals surface area contributed by atoms with Gasteiger partial charge in [-0.25, -0.2) is 0 Å². The Hall–Kier alpha value is -2.99. The standard InChI is InChI=1S/C31H41N3O3/c1-21(2)30-25-18-23(22-12-16-34(17-13-22)29(35)20-33-14-6-5-7-15-33)8-10-26(25)32-31(30)24-9-11-27(36-3)28(19-24)37-4/h8-11,18-19,21-22,32H,5-7,12-17,20H2,1-4H3. The summed E-state index contributed by atoms with van der Waals surface area (Å²) in [4.78, 5) is 21.0. The van der Waals surface area contributed by atoms with Crippen LogP contribution in [0.1, 0.15) is 68.9 Å². The molecule has 0 saturated carbocycles. The molecule has 5 rings (SSSR count). The summed E-state index contributed by atoms with van der Waals surface area (Å²) in [6.45, 7) is 8.96. The van der Waals surface area contributed by atoms with Crippen LogP contribution in [0.5, 0.6) is 11.5 Å². The van der Waals surface area contributed by atoms with Crippen molar-refractivity contribution in [3.8, 4) is 22.8 Å². The summed E-state index contributed by atoms with van der Waals surface area (Å²) in [5.41, 5.74) is 6.11. The summed E-state index contributed by atoms with van der Waals surface area (Å²) >= 11 is 0. The Morgan fingerprint density at radius 2 is 1.68 bits per heavy atom. The van der Waals surface area contributed by atoms with Gasteiger partial charge in [-0.05, 0) is 92.1 Å². The maximum absolute atomic E-state index is 12.9. The van der Waals surface area contributed by atoms with Crippen molar-refractivity contribution in [2.45, 2.75) is 57.8 Å². The molecule has 0 atom stereocenters. The highest BCUT2D eigenvalue weighted by atomic mass is 16.5. The Balaban J connectivity index is 1.35. The van der Waals surface area contributed by atoms with E-state index in [-0.39, 0.29) is 0 Å². The third kappa shape index (κ3) is 5.35. The number of carbonyl (C=O) groups excluding carboxylic acids is 1. The van der Waals surface area contributed by atoms with Gasteiger partial charge in [-0.3, -0.25) is 9.69 Å². The number of nitrogens with one attached hydrogen (secondary N) is 1. The van der Waals surface area contributed by atoms with E-state index >= 15 is 0 Å². The Bertz CT molecular complexity index is 1230. The second-order valence-electron chi connectivity index (χ2n) is 10.9. The maximum Gasteiger partial charge on any atom is 0.236 e. The molecule has 198 valence electrons. The molecule has 2 saturated heterocycles. The van der Waals surface area contributed by atoms with Crippen LogP contribution in [0.2, 0.25) is 0 Å². The molecule has 3 aromatic rings. The lowest BCUT2D eigenvalue weighted by atomic mass is 9.87. The van der Waals surface area contributed by atoms with Gasteiger partial charge in [0.2, 0.25) is 5.91 Å². The first-order chi connectivity index (χ1) is 18.0. The average molecular weight is 504 g/mol. The van der Waals surface area contributed by atoms with Gasteiger partial charge in [0.05, 0.1) is 26.5 Å². The number of nitrogens with zero attached hydrogens (tertiary/aromatic N) is 2. The van der Waals surface area contributed by atoms with Gasteiger partial charge >= 0.3 is 0 Å². The van der Waals surface area contributed by atoms with Crippen molar-refractivity contribution in [1.82, 2.24) is 14.8 Å². The highest BCUT2D eigenvalue weighted by Crippen LogP contribution is 2.40. The summed E-state index contributed by atoms with van der Waals surface area (Å²) < 4.78 is 11.0. The number of carbonyl (C=O) groups is 1. The number of amides is 1. The van der Waals surface area contributed by atoms with Crippen molar-refractivity contribution < 1.29 is 14.3 Å². The number of likely N-dealkylation sites (tertiary alicyclic amines) is 2. The fourth-order valence-electron chi connectivity index (χ4n) is 6.17. The zero-order valence-electron chi connectivity index (χ0n) is 22.8. The van der Waals surface area contributed by atoms with Crippen LogP contribution in [0.4, 0.5) is 0 Å². The van der Waals surface area contributed by atoms with Gasteiger partial charge in [-0.15, -0.1) is 0 Å². The molecule has 2 fully saturated rings. The largest absolute Gasteiger partial charge is 0.493 e. The van der Waals surface area contributed by atoms with Gasteiger partial charge in [0, 0.05) is 29.6 Å². The van der Waals surface area contributed by atoms with Crippen molar-refractivity contribution >= 4 is 16.8 Å². The van der Waals surface area contributed by atoms with Crippen LogP contribution in [0.25, 0.3) is 22.2 Å². The van der Waals surface area contributed by atoms with E-state index in [0.717, 1.165) is 67.3 Å². The molecular formula is C31H41N3O3. The van der Waals surface area contributed by atoms with Crippen molar-refractivity contribution in [2.75, 3.05) is 46.9 Å². The van der Waals surface area contributed by atoms with Crippen LogP contribution < -0.4 is 9.47 Å². The third-order valence-corrected chi connectivity index (χ3v) is 8.24. The zero-order chi connectivity index (χ0) is 25.9. The molecule has 0 spiro atoms. The summed E-state index contributed by atoms with van der Waals surface area (Å²) in [6.07, 6.45) is 5.81. The third-order valence-electron chi connectivity index (χ3n) is 8.24. The van der Waals surface area contributed by atoms with Crippen LogP contribution in [-0.2, 0) is 4.79 Å². The van der Waals surface area contributed by atoms with E-state index in [9.17, 15) is 4.79 Å². The average Bonchev–Trinajstić information content (AvgIpc) is 3.32. The second kappa shape index (κ2) is 11.2. The lowest BCUT2D eigenvalue weighted by molar-refractivity contribution is -0.133. The van der Waals surface area contributed by atoms with Gasteiger partial charge in [0.15, 0.2) is 11.5 Å². The molecule has 2 aliphatic rings. The molecule has 1 N–H and O–H groups in total. The molecule has 2 aromatic carbocycles. The number of hydrogen-bond donors (Lipinski definition) is 1. The first kappa shape index (κ1) is 25.7. The van der Waals surface area contributed by atoms with E-state index in [1.165, 1.54) is 35.8 Å².